The Balaban J connectivity index is 2.38. The van der Waals surface area contributed by atoms with Crippen molar-refractivity contribution in [3.8, 4) is 5.69 Å². The van der Waals surface area contributed by atoms with Crippen LogP contribution in [0.5, 0.6) is 0 Å². The molecule has 1 unspecified atom stereocenters. The number of halogens is 3. The first-order valence-electron chi connectivity index (χ1n) is 6.01. The summed E-state index contributed by atoms with van der Waals surface area (Å²) in [6.45, 7) is 1.90. The van der Waals surface area contributed by atoms with E-state index >= 15 is 0 Å². The second-order valence-electron chi connectivity index (χ2n) is 4.37. The van der Waals surface area contributed by atoms with Gasteiger partial charge in [-0.25, -0.2) is 9.97 Å². The molecule has 0 aliphatic carbocycles. The number of alkyl halides is 1. The molecule has 6 heteroatoms. The van der Waals surface area contributed by atoms with Crippen LogP contribution in [-0.4, -0.2) is 14.5 Å². The van der Waals surface area contributed by atoms with Gasteiger partial charge in [-0.3, -0.25) is 4.57 Å². The SMILES string of the molecule is CC(Cl)c1nc2cc(Cl)cnc2n1-c1ccccc1I. The predicted molar refractivity (Wildman–Crippen MR) is 90.9 cm³/mol. The standard InChI is InChI=1S/C14H10Cl2IN3/c1-8(15)13-19-11-6-9(16)7-18-14(11)20(13)12-5-3-2-4-10(12)17/h2-8H,1H3. The molecule has 0 fully saturated rings. The summed E-state index contributed by atoms with van der Waals surface area (Å²) in [5, 5.41) is 0.345. The first-order valence-corrected chi connectivity index (χ1v) is 7.90. The lowest BCUT2D eigenvalue weighted by Gasteiger charge is -2.11. The fourth-order valence-electron chi connectivity index (χ4n) is 2.10. The van der Waals surface area contributed by atoms with Crippen LogP contribution in [0, 0.1) is 3.57 Å². The minimum absolute atomic E-state index is 0.223. The highest BCUT2D eigenvalue weighted by Gasteiger charge is 2.18. The van der Waals surface area contributed by atoms with Gasteiger partial charge >= 0.3 is 0 Å². The molecule has 1 atom stereocenters. The lowest BCUT2D eigenvalue weighted by Crippen LogP contribution is -2.04. The molecule has 0 spiro atoms. The number of rotatable bonds is 2. The zero-order valence-electron chi connectivity index (χ0n) is 10.5. The lowest BCUT2D eigenvalue weighted by molar-refractivity contribution is 0.874. The molecule has 0 saturated heterocycles. The van der Waals surface area contributed by atoms with Gasteiger partial charge in [0.25, 0.3) is 0 Å². The minimum atomic E-state index is -0.223. The Morgan fingerprint density at radius 1 is 1.30 bits per heavy atom. The molecule has 0 bridgehead atoms. The highest BCUT2D eigenvalue weighted by Crippen LogP contribution is 2.30. The summed E-state index contributed by atoms with van der Waals surface area (Å²) in [5.41, 5.74) is 2.54. The van der Waals surface area contributed by atoms with Gasteiger partial charge in [0.15, 0.2) is 5.65 Å². The molecule has 102 valence electrons. The number of fused-ring (bicyclic) bond motifs is 1. The maximum absolute atomic E-state index is 6.28. The van der Waals surface area contributed by atoms with Crippen LogP contribution in [0.4, 0.5) is 0 Å². The summed E-state index contributed by atoms with van der Waals surface area (Å²) in [6, 6.07) is 9.86. The van der Waals surface area contributed by atoms with E-state index in [1.165, 1.54) is 0 Å². The van der Waals surface area contributed by atoms with Crippen molar-refractivity contribution < 1.29 is 0 Å². The van der Waals surface area contributed by atoms with E-state index in [2.05, 4.69) is 32.6 Å². The third-order valence-electron chi connectivity index (χ3n) is 2.94. The number of pyridine rings is 1. The number of hydrogen-bond acceptors (Lipinski definition) is 2. The van der Waals surface area contributed by atoms with E-state index in [1.807, 2.05) is 35.8 Å². The number of aromatic nitrogens is 3. The van der Waals surface area contributed by atoms with Gasteiger partial charge in [0.1, 0.15) is 11.3 Å². The van der Waals surface area contributed by atoms with E-state index in [0.717, 1.165) is 26.2 Å². The van der Waals surface area contributed by atoms with Gasteiger partial charge in [-0.05, 0) is 47.7 Å². The Morgan fingerprint density at radius 2 is 2.05 bits per heavy atom. The number of para-hydroxylation sites is 1. The molecule has 3 aromatic rings. The minimum Gasteiger partial charge on any atom is -0.278 e. The van der Waals surface area contributed by atoms with Gasteiger partial charge in [-0.1, -0.05) is 23.7 Å². The van der Waals surface area contributed by atoms with Crippen molar-refractivity contribution in [1.29, 1.82) is 0 Å². The van der Waals surface area contributed by atoms with Crippen LogP contribution < -0.4 is 0 Å². The molecule has 0 aliphatic rings. The van der Waals surface area contributed by atoms with Gasteiger partial charge in [0, 0.05) is 9.77 Å². The number of imidazole rings is 1. The van der Waals surface area contributed by atoms with Crippen molar-refractivity contribution in [3.63, 3.8) is 0 Å². The van der Waals surface area contributed by atoms with E-state index < -0.39 is 0 Å². The third-order valence-corrected chi connectivity index (χ3v) is 4.25. The lowest BCUT2D eigenvalue weighted by atomic mass is 10.3. The van der Waals surface area contributed by atoms with E-state index in [9.17, 15) is 0 Å². The Bertz CT molecular complexity index is 783. The van der Waals surface area contributed by atoms with Crippen LogP contribution in [-0.2, 0) is 0 Å². The fourth-order valence-corrected chi connectivity index (χ4v) is 3.02. The monoisotopic (exact) mass is 417 g/mol. The summed E-state index contributed by atoms with van der Waals surface area (Å²) >= 11 is 14.6. The van der Waals surface area contributed by atoms with Crippen LogP contribution >= 0.6 is 45.8 Å². The quantitative estimate of drug-likeness (QED) is 0.435. The Labute approximate surface area is 140 Å². The van der Waals surface area contributed by atoms with Gasteiger partial charge < -0.3 is 0 Å². The summed E-state index contributed by atoms with van der Waals surface area (Å²) in [5.74, 6) is 0.764. The topological polar surface area (TPSA) is 30.7 Å². The Morgan fingerprint density at radius 3 is 2.75 bits per heavy atom. The average Bonchev–Trinajstić information content (AvgIpc) is 2.78. The van der Waals surface area contributed by atoms with Crippen LogP contribution in [0.15, 0.2) is 36.5 Å². The Kier molecular flexibility index (Phi) is 3.88. The summed E-state index contributed by atoms with van der Waals surface area (Å²) in [7, 11) is 0. The molecule has 0 amide bonds. The van der Waals surface area contributed by atoms with Crippen molar-refractivity contribution in [1.82, 2.24) is 14.5 Å². The van der Waals surface area contributed by atoms with Crippen LogP contribution in [0.2, 0.25) is 5.02 Å². The number of nitrogens with zero attached hydrogens (tertiary/aromatic N) is 3. The molecule has 3 rings (SSSR count). The van der Waals surface area contributed by atoms with Gasteiger partial charge in [-0.15, -0.1) is 11.6 Å². The molecule has 2 aromatic heterocycles. The number of benzene rings is 1. The third kappa shape index (κ3) is 2.40. The van der Waals surface area contributed by atoms with Gasteiger partial charge in [0.05, 0.1) is 16.1 Å². The molecule has 3 nitrogen and oxygen atoms in total. The van der Waals surface area contributed by atoms with Crippen molar-refractivity contribution in [2.75, 3.05) is 0 Å². The maximum atomic E-state index is 6.28. The molecule has 0 N–H and O–H groups in total. The van der Waals surface area contributed by atoms with Crippen molar-refractivity contribution in [2.45, 2.75) is 12.3 Å². The fraction of sp³-hybridized carbons (Fsp3) is 0.143. The van der Waals surface area contributed by atoms with E-state index in [1.54, 1.807) is 12.3 Å². The van der Waals surface area contributed by atoms with Crippen LogP contribution in [0.3, 0.4) is 0 Å². The van der Waals surface area contributed by atoms with Crippen molar-refractivity contribution >= 4 is 57.0 Å². The number of hydrogen-bond donors (Lipinski definition) is 0. The summed E-state index contributed by atoms with van der Waals surface area (Å²) in [6.07, 6.45) is 1.63. The Hall–Kier alpha value is -0.850. The normalized spacial score (nSPS) is 12.8. The van der Waals surface area contributed by atoms with Gasteiger partial charge in [-0.2, -0.15) is 0 Å². The molecule has 0 radical (unpaired) electrons. The van der Waals surface area contributed by atoms with Crippen LogP contribution in [0.25, 0.3) is 16.9 Å². The first kappa shape index (κ1) is 14.1. The predicted octanol–water partition coefficient (Wildman–Crippen LogP) is 4.98. The summed E-state index contributed by atoms with van der Waals surface area (Å²) in [4.78, 5) is 8.98. The maximum Gasteiger partial charge on any atom is 0.164 e. The second-order valence-corrected chi connectivity index (χ2v) is 6.62. The first-order chi connectivity index (χ1) is 9.58. The second kappa shape index (κ2) is 5.50. The zero-order chi connectivity index (χ0) is 14.3. The van der Waals surface area contributed by atoms with Crippen molar-refractivity contribution in [2.24, 2.45) is 0 Å². The van der Waals surface area contributed by atoms with Crippen LogP contribution in [0.1, 0.15) is 18.1 Å². The van der Waals surface area contributed by atoms with E-state index in [0.29, 0.717) is 5.02 Å². The average molecular weight is 418 g/mol. The molecular formula is C14H10Cl2IN3. The largest absolute Gasteiger partial charge is 0.278 e. The van der Waals surface area contributed by atoms with Crippen molar-refractivity contribution in [3.05, 3.63) is 50.9 Å². The highest BCUT2D eigenvalue weighted by molar-refractivity contribution is 14.1. The van der Waals surface area contributed by atoms with E-state index in [-0.39, 0.29) is 5.38 Å². The molecular weight excluding hydrogens is 408 g/mol. The smallest absolute Gasteiger partial charge is 0.164 e. The molecule has 2 heterocycles. The molecule has 1 aromatic carbocycles. The molecule has 0 saturated carbocycles. The highest BCUT2D eigenvalue weighted by atomic mass is 127. The van der Waals surface area contributed by atoms with Gasteiger partial charge in [0.2, 0.25) is 0 Å². The molecule has 20 heavy (non-hydrogen) atoms. The summed E-state index contributed by atoms with van der Waals surface area (Å²) < 4.78 is 3.10. The molecule has 0 aliphatic heterocycles. The van der Waals surface area contributed by atoms with E-state index in [4.69, 9.17) is 23.2 Å². The zero-order valence-corrected chi connectivity index (χ0v) is 14.2.